The normalized spacial score (nSPS) is 11.2. The Balaban J connectivity index is 0.00000338. The summed E-state index contributed by atoms with van der Waals surface area (Å²) in [5.74, 6) is 2.86. The summed E-state index contributed by atoms with van der Waals surface area (Å²) in [7, 11) is 1.76. The lowest BCUT2D eigenvalue weighted by Gasteiger charge is -2.11. The van der Waals surface area contributed by atoms with Crippen molar-refractivity contribution in [1.82, 2.24) is 20.8 Å². The number of pyridine rings is 1. The van der Waals surface area contributed by atoms with Crippen molar-refractivity contribution < 1.29 is 4.52 Å². The second-order valence-electron chi connectivity index (χ2n) is 6.07. The van der Waals surface area contributed by atoms with E-state index in [9.17, 15) is 0 Å². The molecular weight excluding hydrogens is 443 g/mol. The number of aromatic nitrogens is 2. The van der Waals surface area contributed by atoms with Gasteiger partial charge in [-0.2, -0.15) is 0 Å². The quantitative estimate of drug-likeness (QED) is 0.225. The zero-order valence-corrected chi connectivity index (χ0v) is 18.0. The molecule has 144 valence electrons. The predicted octanol–water partition coefficient (Wildman–Crippen LogP) is 3.37. The Bertz CT molecular complexity index is 644. The molecule has 0 aliphatic heterocycles. The summed E-state index contributed by atoms with van der Waals surface area (Å²) in [4.78, 5) is 8.45. The Morgan fingerprint density at radius 2 is 2.00 bits per heavy atom. The summed E-state index contributed by atoms with van der Waals surface area (Å²) in [6, 6.07) is 7.84. The van der Waals surface area contributed by atoms with Crippen molar-refractivity contribution in [3.63, 3.8) is 0 Å². The van der Waals surface area contributed by atoms with E-state index in [1.807, 2.05) is 24.3 Å². The molecule has 2 aromatic heterocycles. The number of guanidine groups is 1. The van der Waals surface area contributed by atoms with Crippen molar-refractivity contribution in [1.29, 1.82) is 0 Å². The standard InChI is InChI=1S/C18H28N6O.HI/c1-14(2)16-12-15(25-24-16)13-23-18(19-3)22-11-7-6-10-21-17-8-4-5-9-20-17;/h4-5,8-9,12,14H,6-7,10-11,13H2,1-3H3,(H,20,21)(H2,19,22,23);1H. The van der Waals surface area contributed by atoms with Gasteiger partial charge >= 0.3 is 0 Å². The molecule has 0 aromatic carbocycles. The first-order valence-corrected chi connectivity index (χ1v) is 8.74. The number of halogens is 1. The number of unbranched alkanes of at least 4 members (excludes halogenated alkanes) is 1. The first kappa shape index (κ1) is 22.2. The molecule has 8 heteroatoms. The zero-order chi connectivity index (χ0) is 17.9. The van der Waals surface area contributed by atoms with Gasteiger partial charge in [-0.05, 0) is 30.9 Å². The van der Waals surface area contributed by atoms with Gasteiger partial charge in [-0.1, -0.05) is 25.1 Å². The molecule has 0 aliphatic carbocycles. The van der Waals surface area contributed by atoms with Crippen LogP contribution in [0.4, 0.5) is 5.82 Å². The summed E-state index contributed by atoms with van der Waals surface area (Å²) < 4.78 is 5.31. The van der Waals surface area contributed by atoms with Crippen molar-refractivity contribution in [3.05, 3.63) is 41.9 Å². The lowest BCUT2D eigenvalue weighted by molar-refractivity contribution is 0.372. The van der Waals surface area contributed by atoms with E-state index in [0.717, 1.165) is 49.2 Å². The molecule has 0 atom stereocenters. The number of nitrogens with one attached hydrogen (secondary N) is 3. The first-order valence-electron chi connectivity index (χ1n) is 8.74. The zero-order valence-electron chi connectivity index (χ0n) is 15.7. The van der Waals surface area contributed by atoms with E-state index in [0.29, 0.717) is 12.5 Å². The van der Waals surface area contributed by atoms with Crippen molar-refractivity contribution in [3.8, 4) is 0 Å². The Kier molecular flexibility index (Phi) is 10.7. The largest absolute Gasteiger partial charge is 0.370 e. The second kappa shape index (κ2) is 12.5. The molecule has 2 aromatic rings. The van der Waals surface area contributed by atoms with Gasteiger partial charge in [0.2, 0.25) is 0 Å². The van der Waals surface area contributed by atoms with Crippen LogP contribution in [-0.4, -0.2) is 36.2 Å². The molecule has 0 fully saturated rings. The van der Waals surface area contributed by atoms with Gasteiger partial charge in [0, 0.05) is 32.4 Å². The third kappa shape index (κ3) is 8.03. The number of hydrogen-bond donors (Lipinski definition) is 3. The summed E-state index contributed by atoms with van der Waals surface area (Å²) in [5.41, 5.74) is 0.972. The Hall–Kier alpha value is -1.84. The van der Waals surface area contributed by atoms with Gasteiger partial charge < -0.3 is 20.5 Å². The van der Waals surface area contributed by atoms with Crippen molar-refractivity contribution in [2.75, 3.05) is 25.5 Å². The van der Waals surface area contributed by atoms with E-state index < -0.39 is 0 Å². The molecule has 2 heterocycles. The molecule has 0 saturated carbocycles. The summed E-state index contributed by atoms with van der Waals surface area (Å²) >= 11 is 0. The Labute approximate surface area is 172 Å². The number of hydrogen-bond acceptors (Lipinski definition) is 5. The second-order valence-corrected chi connectivity index (χ2v) is 6.07. The van der Waals surface area contributed by atoms with Gasteiger partial charge in [0.1, 0.15) is 5.82 Å². The minimum Gasteiger partial charge on any atom is -0.370 e. The average molecular weight is 472 g/mol. The van der Waals surface area contributed by atoms with Crippen LogP contribution in [0.3, 0.4) is 0 Å². The topological polar surface area (TPSA) is 87.4 Å². The molecule has 0 saturated heterocycles. The number of nitrogens with zero attached hydrogens (tertiary/aromatic N) is 3. The molecule has 2 rings (SSSR count). The minimum absolute atomic E-state index is 0. The lowest BCUT2D eigenvalue weighted by Crippen LogP contribution is -2.37. The van der Waals surface area contributed by atoms with Gasteiger partial charge in [0.15, 0.2) is 11.7 Å². The maximum Gasteiger partial charge on any atom is 0.191 e. The SMILES string of the molecule is CN=C(NCCCCNc1ccccn1)NCc1cc(C(C)C)no1.I. The van der Waals surface area contributed by atoms with Crippen LogP contribution in [0.2, 0.25) is 0 Å². The third-order valence-corrected chi connectivity index (χ3v) is 3.69. The van der Waals surface area contributed by atoms with E-state index in [2.05, 4.69) is 44.9 Å². The summed E-state index contributed by atoms with van der Waals surface area (Å²) in [6.45, 7) is 6.52. The highest BCUT2D eigenvalue weighted by atomic mass is 127. The molecule has 0 bridgehead atoms. The molecular formula is C18H29IN6O. The monoisotopic (exact) mass is 472 g/mol. The van der Waals surface area contributed by atoms with Crippen LogP contribution in [0, 0.1) is 0 Å². The molecule has 0 amide bonds. The molecule has 3 N–H and O–H groups in total. The Morgan fingerprint density at radius 1 is 1.19 bits per heavy atom. The van der Waals surface area contributed by atoms with E-state index >= 15 is 0 Å². The van der Waals surface area contributed by atoms with Crippen molar-refractivity contribution in [2.45, 2.75) is 39.2 Å². The molecule has 0 unspecified atom stereocenters. The highest BCUT2D eigenvalue weighted by Crippen LogP contribution is 2.13. The van der Waals surface area contributed by atoms with Crippen LogP contribution < -0.4 is 16.0 Å². The molecule has 0 radical (unpaired) electrons. The van der Waals surface area contributed by atoms with Crippen LogP contribution in [0.25, 0.3) is 0 Å². The maximum absolute atomic E-state index is 5.31. The minimum atomic E-state index is 0. The number of aliphatic imine (C=N–C) groups is 1. The van der Waals surface area contributed by atoms with Gasteiger partial charge in [0.25, 0.3) is 0 Å². The fourth-order valence-corrected chi connectivity index (χ4v) is 2.22. The molecule has 0 spiro atoms. The van der Waals surface area contributed by atoms with Gasteiger partial charge in [-0.25, -0.2) is 4.98 Å². The summed E-state index contributed by atoms with van der Waals surface area (Å²) in [6.07, 6.45) is 3.89. The van der Waals surface area contributed by atoms with Gasteiger partial charge in [-0.3, -0.25) is 4.99 Å². The number of anilines is 1. The lowest BCUT2D eigenvalue weighted by atomic mass is 10.1. The maximum atomic E-state index is 5.31. The van der Waals surface area contributed by atoms with Gasteiger partial charge in [0.05, 0.1) is 12.2 Å². The van der Waals surface area contributed by atoms with E-state index in [4.69, 9.17) is 4.52 Å². The number of rotatable bonds is 9. The average Bonchev–Trinajstić information content (AvgIpc) is 3.11. The highest BCUT2D eigenvalue weighted by Gasteiger charge is 2.07. The summed E-state index contributed by atoms with van der Waals surface area (Å²) in [5, 5.41) is 13.9. The van der Waals surface area contributed by atoms with Crippen molar-refractivity contribution in [2.24, 2.45) is 4.99 Å². The van der Waals surface area contributed by atoms with Crippen LogP contribution in [0.5, 0.6) is 0 Å². The fourth-order valence-electron chi connectivity index (χ4n) is 2.22. The predicted molar refractivity (Wildman–Crippen MR) is 116 cm³/mol. The van der Waals surface area contributed by atoms with E-state index in [1.54, 1.807) is 13.2 Å². The van der Waals surface area contributed by atoms with Crippen molar-refractivity contribution >= 4 is 35.8 Å². The molecule has 7 nitrogen and oxygen atoms in total. The fraction of sp³-hybridized carbons (Fsp3) is 0.500. The molecule has 0 aliphatic rings. The van der Waals surface area contributed by atoms with Crippen LogP contribution in [0.15, 0.2) is 40.0 Å². The highest BCUT2D eigenvalue weighted by molar-refractivity contribution is 14.0. The Morgan fingerprint density at radius 3 is 2.65 bits per heavy atom. The third-order valence-electron chi connectivity index (χ3n) is 3.69. The van der Waals surface area contributed by atoms with Crippen LogP contribution in [-0.2, 0) is 6.54 Å². The van der Waals surface area contributed by atoms with E-state index in [1.165, 1.54) is 0 Å². The first-order chi connectivity index (χ1) is 12.2. The van der Waals surface area contributed by atoms with E-state index in [-0.39, 0.29) is 24.0 Å². The van der Waals surface area contributed by atoms with Crippen LogP contribution in [0.1, 0.15) is 44.1 Å². The molecule has 26 heavy (non-hydrogen) atoms. The van der Waals surface area contributed by atoms with Gasteiger partial charge in [-0.15, -0.1) is 24.0 Å². The smallest absolute Gasteiger partial charge is 0.191 e. The van der Waals surface area contributed by atoms with Crippen LogP contribution >= 0.6 is 24.0 Å².